The number of methoxy groups -OCH3 is 1. The molecule has 0 spiro atoms. The van der Waals surface area contributed by atoms with Crippen LogP contribution in [0, 0.1) is 0 Å². The fourth-order valence-corrected chi connectivity index (χ4v) is 4.16. The van der Waals surface area contributed by atoms with Crippen molar-refractivity contribution in [2.45, 2.75) is 6.54 Å². The molecule has 0 unspecified atom stereocenters. The molecule has 35 heavy (non-hydrogen) atoms. The summed E-state index contributed by atoms with van der Waals surface area (Å²) in [6.07, 6.45) is 1.90. The predicted octanol–water partition coefficient (Wildman–Crippen LogP) is 3.70. The van der Waals surface area contributed by atoms with Gasteiger partial charge in [-0.1, -0.05) is 78.9 Å². The first kappa shape index (κ1) is 24.2. The van der Waals surface area contributed by atoms with Crippen LogP contribution in [0.1, 0.15) is 16.7 Å². The van der Waals surface area contributed by atoms with Gasteiger partial charge >= 0.3 is 0 Å². The molecule has 0 saturated carbocycles. The number of nitrogens with zero attached hydrogens (tertiary/aromatic N) is 2. The molecule has 0 atom stereocenters. The topological polar surface area (TPSA) is 61.9 Å². The SMILES string of the molecule is COc1ccccc1/C=C(/C(=O)N1CCN(CC(=O)NCc2ccccc2)CC1)c1ccccc1. The molecule has 6 heteroatoms. The number of hydrogen-bond donors (Lipinski definition) is 1. The highest BCUT2D eigenvalue weighted by Gasteiger charge is 2.25. The van der Waals surface area contributed by atoms with Gasteiger partial charge in [0.15, 0.2) is 0 Å². The standard InChI is InChI=1S/C29H31N3O3/c1-35-27-15-9-8-14-25(27)20-26(24-12-6-3-7-13-24)29(34)32-18-16-31(17-19-32)22-28(33)30-21-23-10-4-2-5-11-23/h2-15,20H,16-19,21-22H2,1H3,(H,30,33)/b26-20+. The van der Waals surface area contributed by atoms with Gasteiger partial charge < -0.3 is 15.0 Å². The van der Waals surface area contributed by atoms with Crippen molar-refractivity contribution in [1.82, 2.24) is 15.1 Å². The number of benzene rings is 3. The van der Waals surface area contributed by atoms with Crippen LogP contribution in [0.4, 0.5) is 0 Å². The predicted molar refractivity (Wildman–Crippen MR) is 139 cm³/mol. The molecule has 3 aromatic rings. The molecule has 4 rings (SSSR count). The van der Waals surface area contributed by atoms with E-state index in [1.165, 1.54) is 0 Å². The minimum atomic E-state index is -0.0183. The van der Waals surface area contributed by atoms with Gasteiger partial charge in [0.2, 0.25) is 5.91 Å². The number of rotatable bonds is 8. The number of piperazine rings is 1. The second-order valence-corrected chi connectivity index (χ2v) is 8.50. The molecule has 2 amide bonds. The van der Waals surface area contributed by atoms with Crippen molar-refractivity contribution in [2.75, 3.05) is 39.8 Å². The Bertz CT molecular complexity index is 1150. The summed E-state index contributed by atoms with van der Waals surface area (Å²) in [7, 11) is 1.63. The van der Waals surface area contributed by atoms with Crippen molar-refractivity contribution in [1.29, 1.82) is 0 Å². The average Bonchev–Trinajstić information content (AvgIpc) is 2.92. The van der Waals surface area contributed by atoms with Crippen molar-refractivity contribution in [3.63, 3.8) is 0 Å². The van der Waals surface area contributed by atoms with Gasteiger partial charge in [-0.15, -0.1) is 0 Å². The van der Waals surface area contributed by atoms with Crippen LogP contribution in [-0.2, 0) is 16.1 Å². The summed E-state index contributed by atoms with van der Waals surface area (Å²) in [4.78, 5) is 30.0. The van der Waals surface area contributed by atoms with Gasteiger partial charge in [0.1, 0.15) is 5.75 Å². The highest BCUT2D eigenvalue weighted by Crippen LogP contribution is 2.26. The van der Waals surface area contributed by atoms with Gasteiger partial charge in [-0.05, 0) is 23.3 Å². The third-order valence-electron chi connectivity index (χ3n) is 6.11. The van der Waals surface area contributed by atoms with Crippen LogP contribution in [0.25, 0.3) is 11.6 Å². The van der Waals surface area contributed by atoms with E-state index in [2.05, 4.69) is 10.2 Å². The Balaban J connectivity index is 1.39. The van der Waals surface area contributed by atoms with Crippen molar-refractivity contribution in [2.24, 2.45) is 0 Å². The lowest BCUT2D eigenvalue weighted by molar-refractivity contribution is -0.127. The summed E-state index contributed by atoms with van der Waals surface area (Å²) >= 11 is 0. The Hall–Kier alpha value is -3.90. The summed E-state index contributed by atoms with van der Waals surface area (Å²) < 4.78 is 5.49. The normalized spacial score (nSPS) is 14.4. The van der Waals surface area contributed by atoms with E-state index in [9.17, 15) is 9.59 Å². The molecule has 1 fully saturated rings. The van der Waals surface area contributed by atoms with E-state index in [0.717, 1.165) is 22.4 Å². The molecule has 1 aliphatic heterocycles. The summed E-state index contributed by atoms with van der Waals surface area (Å²) in [6.45, 7) is 3.30. The zero-order valence-electron chi connectivity index (χ0n) is 20.0. The van der Waals surface area contributed by atoms with Gasteiger partial charge in [-0.25, -0.2) is 0 Å². The third-order valence-corrected chi connectivity index (χ3v) is 6.11. The zero-order valence-corrected chi connectivity index (χ0v) is 20.0. The minimum absolute atomic E-state index is 0.00493. The molecule has 6 nitrogen and oxygen atoms in total. The Morgan fingerprint density at radius 3 is 2.17 bits per heavy atom. The lowest BCUT2D eigenvalue weighted by Gasteiger charge is -2.35. The summed E-state index contributed by atoms with van der Waals surface area (Å²) in [6, 6.07) is 27.3. The summed E-state index contributed by atoms with van der Waals surface area (Å²) in [5.41, 5.74) is 3.43. The van der Waals surface area contributed by atoms with E-state index in [1.54, 1.807) is 7.11 Å². The first-order valence-corrected chi connectivity index (χ1v) is 11.9. The van der Waals surface area contributed by atoms with Crippen LogP contribution in [0.5, 0.6) is 5.75 Å². The van der Waals surface area contributed by atoms with Crippen LogP contribution in [0.15, 0.2) is 84.9 Å². The van der Waals surface area contributed by atoms with E-state index in [0.29, 0.717) is 44.8 Å². The van der Waals surface area contributed by atoms with Crippen LogP contribution < -0.4 is 10.1 Å². The molecular formula is C29H31N3O3. The number of ether oxygens (including phenoxy) is 1. The molecule has 1 heterocycles. The first-order chi connectivity index (χ1) is 17.1. The van der Waals surface area contributed by atoms with E-state index in [4.69, 9.17) is 4.74 Å². The maximum atomic E-state index is 13.6. The van der Waals surface area contributed by atoms with Gasteiger partial charge in [-0.3, -0.25) is 14.5 Å². The molecule has 1 N–H and O–H groups in total. The Morgan fingerprint density at radius 1 is 0.857 bits per heavy atom. The molecule has 180 valence electrons. The van der Waals surface area contributed by atoms with E-state index >= 15 is 0 Å². The molecule has 1 saturated heterocycles. The molecular weight excluding hydrogens is 438 g/mol. The monoisotopic (exact) mass is 469 g/mol. The second kappa shape index (κ2) is 12.0. The summed E-state index contributed by atoms with van der Waals surface area (Å²) in [5, 5.41) is 2.98. The van der Waals surface area contributed by atoms with Crippen LogP contribution in [0.3, 0.4) is 0 Å². The molecule has 0 radical (unpaired) electrons. The lowest BCUT2D eigenvalue weighted by atomic mass is 10.0. The number of carbonyl (C=O) groups is 2. The van der Waals surface area contributed by atoms with E-state index in [-0.39, 0.29) is 11.8 Å². The van der Waals surface area contributed by atoms with Crippen molar-refractivity contribution >= 4 is 23.5 Å². The Morgan fingerprint density at radius 2 is 1.49 bits per heavy atom. The largest absolute Gasteiger partial charge is 0.496 e. The van der Waals surface area contributed by atoms with Gasteiger partial charge in [0.05, 0.1) is 13.7 Å². The lowest BCUT2D eigenvalue weighted by Crippen LogP contribution is -2.51. The molecule has 3 aromatic carbocycles. The molecule has 0 aromatic heterocycles. The van der Waals surface area contributed by atoms with Crippen LogP contribution in [0.2, 0.25) is 0 Å². The van der Waals surface area contributed by atoms with Crippen molar-refractivity contribution in [3.05, 3.63) is 102 Å². The fraction of sp³-hybridized carbons (Fsp3) is 0.241. The maximum Gasteiger partial charge on any atom is 0.254 e. The van der Waals surface area contributed by atoms with Crippen LogP contribution >= 0.6 is 0 Å². The highest BCUT2D eigenvalue weighted by molar-refractivity contribution is 6.24. The van der Waals surface area contributed by atoms with Gasteiger partial charge in [0, 0.05) is 43.9 Å². The Labute approximate surface area is 206 Å². The second-order valence-electron chi connectivity index (χ2n) is 8.50. The van der Waals surface area contributed by atoms with Crippen molar-refractivity contribution in [3.8, 4) is 5.75 Å². The number of carbonyl (C=O) groups excluding carboxylic acids is 2. The number of nitrogens with one attached hydrogen (secondary N) is 1. The Kier molecular flexibility index (Phi) is 8.30. The number of amides is 2. The smallest absolute Gasteiger partial charge is 0.254 e. The van der Waals surface area contributed by atoms with E-state index < -0.39 is 0 Å². The first-order valence-electron chi connectivity index (χ1n) is 11.9. The van der Waals surface area contributed by atoms with Gasteiger partial charge in [-0.2, -0.15) is 0 Å². The minimum Gasteiger partial charge on any atom is -0.496 e. The fourth-order valence-electron chi connectivity index (χ4n) is 4.16. The quantitative estimate of drug-likeness (QED) is 0.404. The third kappa shape index (κ3) is 6.58. The van der Waals surface area contributed by atoms with Crippen LogP contribution in [-0.4, -0.2) is 61.4 Å². The van der Waals surface area contributed by atoms with Crippen molar-refractivity contribution < 1.29 is 14.3 Å². The van der Waals surface area contributed by atoms with E-state index in [1.807, 2.05) is 95.9 Å². The number of para-hydroxylation sites is 1. The molecule has 0 aliphatic carbocycles. The van der Waals surface area contributed by atoms with Gasteiger partial charge in [0.25, 0.3) is 5.91 Å². The zero-order chi connectivity index (χ0) is 24.5. The molecule has 1 aliphatic rings. The maximum absolute atomic E-state index is 13.6. The molecule has 0 bridgehead atoms. The highest BCUT2D eigenvalue weighted by atomic mass is 16.5. The average molecular weight is 470 g/mol. The summed E-state index contributed by atoms with van der Waals surface area (Å²) in [5.74, 6) is 0.699. The number of hydrogen-bond acceptors (Lipinski definition) is 4.